The Morgan fingerprint density at radius 3 is 1.93 bits per heavy atom. The molecule has 0 aliphatic heterocycles. The quantitative estimate of drug-likeness (QED) is 0.259. The first-order valence-electron chi connectivity index (χ1n) is 13.1. The first-order chi connectivity index (χ1) is 19.3. The van der Waals surface area contributed by atoms with E-state index in [0.29, 0.717) is 30.8 Å². The number of carbonyl (C=O) groups is 2. The first-order valence-corrected chi connectivity index (χ1v) is 13.1. The summed E-state index contributed by atoms with van der Waals surface area (Å²) >= 11 is 0. The predicted octanol–water partition coefficient (Wildman–Crippen LogP) is 5.04. The Balaban J connectivity index is 1.29. The maximum Gasteiger partial charge on any atom is 0.405 e. The molecule has 0 spiro atoms. The molecule has 1 aliphatic rings. The van der Waals surface area contributed by atoms with E-state index in [1.54, 1.807) is 24.3 Å². The molecule has 0 bridgehead atoms. The monoisotopic (exact) mass is 544 g/mol. The van der Waals surface area contributed by atoms with Crippen LogP contribution in [0.4, 0.5) is 18.9 Å². The lowest BCUT2D eigenvalue weighted by Crippen LogP contribution is -2.83. The van der Waals surface area contributed by atoms with Gasteiger partial charge in [0.25, 0.3) is 5.91 Å². The summed E-state index contributed by atoms with van der Waals surface area (Å²) in [6.07, 6.45) is -4.18. The lowest BCUT2D eigenvalue weighted by molar-refractivity contribution is -0.671. The second-order valence-corrected chi connectivity index (χ2v) is 9.84. The molecule has 2 amide bonds. The van der Waals surface area contributed by atoms with Gasteiger partial charge in [0.15, 0.2) is 0 Å². The molecule has 0 saturated heterocycles. The highest BCUT2D eigenvalue weighted by Gasteiger charge is 2.49. The van der Waals surface area contributed by atoms with E-state index in [0.717, 1.165) is 27.8 Å². The van der Waals surface area contributed by atoms with Crippen molar-refractivity contribution in [2.45, 2.75) is 24.6 Å². The molecule has 0 saturated carbocycles. The van der Waals surface area contributed by atoms with Crippen LogP contribution in [0.5, 0.6) is 0 Å². The minimum atomic E-state index is -4.51. The van der Waals surface area contributed by atoms with Crippen LogP contribution in [0.2, 0.25) is 0 Å². The fourth-order valence-corrected chi connectivity index (χ4v) is 5.39. The van der Waals surface area contributed by atoms with Gasteiger partial charge in [-0.2, -0.15) is 13.2 Å². The largest absolute Gasteiger partial charge is 0.405 e. The van der Waals surface area contributed by atoms with Crippen LogP contribution in [0, 0.1) is 0 Å². The Labute approximate surface area is 230 Å². The van der Waals surface area contributed by atoms with Crippen molar-refractivity contribution in [1.82, 2.24) is 5.32 Å². The van der Waals surface area contributed by atoms with Crippen molar-refractivity contribution in [2.24, 2.45) is 0 Å². The Morgan fingerprint density at radius 2 is 1.32 bits per heavy atom. The number of hydrogen-bond acceptors (Lipinski definition) is 2. The number of alkyl halides is 3. The van der Waals surface area contributed by atoms with Gasteiger partial charge in [-0.3, -0.25) is 9.59 Å². The summed E-state index contributed by atoms with van der Waals surface area (Å²) in [5.41, 5.74) is 4.23. The minimum Gasteiger partial charge on any atom is -0.346 e. The number of rotatable bonds is 9. The summed E-state index contributed by atoms with van der Waals surface area (Å²) in [5.74, 6) is -0.833. The number of anilines is 1. The van der Waals surface area contributed by atoms with Crippen molar-refractivity contribution in [2.75, 3.05) is 18.4 Å². The summed E-state index contributed by atoms with van der Waals surface area (Å²) in [6, 6.07) is 31.3. The summed E-state index contributed by atoms with van der Waals surface area (Å²) in [5, 5.41) is 7.08. The lowest BCUT2D eigenvalue weighted by Gasteiger charge is -2.30. The number of halogens is 3. The van der Waals surface area contributed by atoms with Crippen LogP contribution in [0.3, 0.4) is 0 Å². The number of carbonyl (C=O) groups excluding carboxylic acids is 2. The highest BCUT2D eigenvalue weighted by molar-refractivity contribution is 6.04. The van der Waals surface area contributed by atoms with Crippen LogP contribution in [-0.4, -0.2) is 31.1 Å². The third-order valence-corrected chi connectivity index (χ3v) is 7.25. The summed E-state index contributed by atoms with van der Waals surface area (Å²) in [7, 11) is 0. The van der Waals surface area contributed by atoms with Crippen molar-refractivity contribution in [3.05, 3.63) is 125 Å². The first kappa shape index (κ1) is 27.1. The van der Waals surface area contributed by atoms with Gasteiger partial charge in [0.2, 0.25) is 5.91 Å². The number of quaternary nitrogens is 1. The van der Waals surface area contributed by atoms with Crippen molar-refractivity contribution in [3.63, 3.8) is 0 Å². The third kappa shape index (κ3) is 5.62. The van der Waals surface area contributed by atoms with Gasteiger partial charge >= 0.3 is 6.18 Å². The summed E-state index contributed by atoms with van der Waals surface area (Å²) < 4.78 is 39.2. The van der Waals surface area contributed by atoms with Gasteiger partial charge in [0.1, 0.15) is 18.5 Å². The molecule has 4 aromatic rings. The minimum absolute atomic E-state index is 0.189. The van der Waals surface area contributed by atoms with Gasteiger partial charge in [-0.25, -0.2) is 0 Å². The van der Waals surface area contributed by atoms with E-state index in [-0.39, 0.29) is 5.91 Å². The van der Waals surface area contributed by atoms with Crippen molar-refractivity contribution in [1.29, 1.82) is 0 Å². The molecule has 8 heteroatoms. The molecule has 40 heavy (non-hydrogen) atoms. The van der Waals surface area contributed by atoms with Crippen molar-refractivity contribution >= 4 is 17.5 Å². The van der Waals surface area contributed by atoms with E-state index in [1.807, 2.05) is 84.2 Å². The SMILES string of the molecule is O=C(Nc1ccc(C[NH2+]CCC2(C(=O)NCC(F)(F)F)c3ccccc3-c3ccccc32)cc1)c1ccccc1. The van der Waals surface area contributed by atoms with E-state index in [4.69, 9.17) is 0 Å². The Morgan fingerprint density at radius 1 is 0.750 bits per heavy atom. The molecule has 204 valence electrons. The molecular formula is C32H29F3N3O2+. The Bertz CT molecular complexity index is 1460. The molecule has 0 fully saturated rings. The van der Waals surface area contributed by atoms with E-state index in [9.17, 15) is 22.8 Å². The van der Waals surface area contributed by atoms with Crippen molar-refractivity contribution in [3.8, 4) is 11.1 Å². The molecule has 0 radical (unpaired) electrons. The zero-order chi connectivity index (χ0) is 28.2. The van der Waals surface area contributed by atoms with Crippen LogP contribution in [0.15, 0.2) is 103 Å². The Kier molecular flexibility index (Phi) is 7.71. The normalized spacial score (nSPS) is 13.3. The molecule has 4 N–H and O–H groups in total. The van der Waals surface area contributed by atoms with E-state index in [1.165, 1.54) is 0 Å². The standard InChI is InChI=1S/C32H28F3N3O2/c33-32(34,35)21-37-30(40)31(27-12-6-4-10-25(27)26-11-5-7-13-28(26)31)18-19-36-20-22-14-16-24(17-15-22)38-29(39)23-8-2-1-3-9-23/h1-17,36H,18-21H2,(H,37,40)(H,38,39)/p+1. The molecule has 0 aromatic heterocycles. The van der Waals surface area contributed by atoms with Crippen LogP contribution in [-0.2, 0) is 16.8 Å². The zero-order valence-corrected chi connectivity index (χ0v) is 21.7. The van der Waals surface area contributed by atoms with Gasteiger partial charge in [-0.1, -0.05) is 78.9 Å². The number of nitrogens with one attached hydrogen (secondary N) is 2. The number of hydrogen-bond donors (Lipinski definition) is 3. The molecular weight excluding hydrogens is 515 g/mol. The van der Waals surface area contributed by atoms with Crippen LogP contribution >= 0.6 is 0 Å². The van der Waals surface area contributed by atoms with E-state index >= 15 is 0 Å². The fraction of sp³-hybridized carbons (Fsp3) is 0.188. The molecule has 5 nitrogen and oxygen atoms in total. The molecule has 0 heterocycles. The number of fused-ring (bicyclic) bond motifs is 3. The smallest absolute Gasteiger partial charge is 0.346 e. The van der Waals surface area contributed by atoms with Gasteiger partial charge in [-0.05, 0) is 46.5 Å². The number of nitrogens with two attached hydrogens (primary N) is 1. The summed E-state index contributed by atoms with van der Waals surface area (Å²) in [6.45, 7) is -0.264. The molecule has 1 aliphatic carbocycles. The van der Waals surface area contributed by atoms with Crippen molar-refractivity contribution < 1.29 is 28.1 Å². The number of benzene rings is 4. The molecule has 5 rings (SSSR count). The maximum atomic E-state index is 13.6. The zero-order valence-electron chi connectivity index (χ0n) is 21.7. The highest BCUT2D eigenvalue weighted by atomic mass is 19.4. The van der Waals surface area contributed by atoms with Gasteiger partial charge < -0.3 is 16.0 Å². The average Bonchev–Trinajstić information content (AvgIpc) is 3.26. The second kappa shape index (κ2) is 11.4. The average molecular weight is 545 g/mol. The van der Waals surface area contributed by atoms with Crippen LogP contribution in [0.1, 0.15) is 33.5 Å². The van der Waals surface area contributed by atoms with Crippen LogP contribution < -0.4 is 16.0 Å². The highest BCUT2D eigenvalue weighted by Crippen LogP contribution is 2.50. The van der Waals surface area contributed by atoms with E-state index in [2.05, 4.69) is 10.6 Å². The van der Waals surface area contributed by atoms with E-state index < -0.39 is 24.0 Å². The van der Waals surface area contributed by atoms with Gasteiger partial charge in [-0.15, -0.1) is 0 Å². The second-order valence-electron chi connectivity index (χ2n) is 9.84. The van der Waals surface area contributed by atoms with Gasteiger partial charge in [0, 0.05) is 23.2 Å². The molecule has 0 unspecified atom stereocenters. The molecule has 4 aromatic carbocycles. The topological polar surface area (TPSA) is 74.8 Å². The third-order valence-electron chi connectivity index (χ3n) is 7.25. The summed E-state index contributed by atoms with van der Waals surface area (Å²) in [4.78, 5) is 26.0. The lowest BCUT2D eigenvalue weighted by atomic mass is 9.74. The predicted molar refractivity (Wildman–Crippen MR) is 148 cm³/mol. The molecule has 0 atom stereocenters. The van der Waals surface area contributed by atoms with Gasteiger partial charge in [0.05, 0.1) is 6.54 Å². The maximum absolute atomic E-state index is 13.6. The Hall–Kier alpha value is -4.43. The van der Waals surface area contributed by atoms with Crippen LogP contribution in [0.25, 0.3) is 11.1 Å². The number of amides is 2. The fourth-order valence-electron chi connectivity index (χ4n) is 5.39.